The third-order valence-electron chi connectivity index (χ3n) is 6.84. The van der Waals surface area contributed by atoms with Gasteiger partial charge in [-0.05, 0) is 75.7 Å². The van der Waals surface area contributed by atoms with Gasteiger partial charge in [0.05, 0.1) is 11.2 Å². The second-order valence-corrected chi connectivity index (χ2v) is 9.15. The fourth-order valence-corrected chi connectivity index (χ4v) is 5.47. The van der Waals surface area contributed by atoms with Crippen molar-refractivity contribution in [2.45, 2.75) is 64.6 Å². The first kappa shape index (κ1) is 19.5. The lowest BCUT2D eigenvalue weighted by Crippen LogP contribution is -2.48. The number of likely N-dealkylation sites (tertiary alicyclic amines) is 1. The first-order valence-electron chi connectivity index (χ1n) is 10.6. The number of aromatic nitrogens is 1. The van der Waals surface area contributed by atoms with Crippen LogP contribution in [0.1, 0.15) is 63.0 Å². The lowest BCUT2D eigenvalue weighted by Gasteiger charge is -2.42. The number of carbonyl (C=O) groups excluding carboxylic acids is 1. The van der Waals surface area contributed by atoms with E-state index < -0.39 is 0 Å². The SMILES string of the molecule is C/C=C\C1=C(C)C2(CCN(C[C@H]3CC(=O)c4ncccc4C3)CC2)OC1(C)C. The van der Waals surface area contributed by atoms with Crippen molar-refractivity contribution in [2.75, 3.05) is 19.6 Å². The normalized spacial score (nSPS) is 27.0. The molecular formula is C24H32N2O2. The Kier molecular flexibility index (Phi) is 5.05. The van der Waals surface area contributed by atoms with Gasteiger partial charge in [-0.3, -0.25) is 9.78 Å². The largest absolute Gasteiger partial charge is 0.360 e. The molecule has 28 heavy (non-hydrogen) atoms. The number of ketones is 1. The summed E-state index contributed by atoms with van der Waals surface area (Å²) in [5.74, 6) is 0.602. The molecule has 3 aliphatic rings. The van der Waals surface area contributed by atoms with Gasteiger partial charge in [-0.2, -0.15) is 0 Å². The minimum absolute atomic E-state index is 0.117. The molecule has 1 aliphatic carbocycles. The molecule has 1 fully saturated rings. The number of allylic oxidation sites excluding steroid dienone is 1. The third-order valence-corrected chi connectivity index (χ3v) is 6.84. The number of carbonyl (C=O) groups is 1. The summed E-state index contributed by atoms with van der Waals surface area (Å²) in [5, 5.41) is 0. The number of hydrogen-bond acceptors (Lipinski definition) is 4. The monoisotopic (exact) mass is 380 g/mol. The molecular weight excluding hydrogens is 348 g/mol. The van der Waals surface area contributed by atoms with Gasteiger partial charge in [0.15, 0.2) is 5.78 Å². The lowest BCUT2D eigenvalue weighted by molar-refractivity contribution is -0.104. The second kappa shape index (κ2) is 7.23. The number of rotatable bonds is 3. The van der Waals surface area contributed by atoms with Crippen LogP contribution in [0.25, 0.3) is 0 Å². The average molecular weight is 381 g/mol. The van der Waals surface area contributed by atoms with E-state index in [-0.39, 0.29) is 17.0 Å². The van der Waals surface area contributed by atoms with Crippen molar-refractivity contribution in [3.63, 3.8) is 0 Å². The van der Waals surface area contributed by atoms with E-state index in [9.17, 15) is 4.79 Å². The van der Waals surface area contributed by atoms with Gasteiger partial charge in [0.2, 0.25) is 0 Å². The van der Waals surface area contributed by atoms with Gasteiger partial charge in [0.25, 0.3) is 0 Å². The molecule has 0 unspecified atom stereocenters. The molecule has 1 saturated heterocycles. The Morgan fingerprint density at radius 3 is 2.75 bits per heavy atom. The minimum atomic E-state index is -0.217. The summed E-state index contributed by atoms with van der Waals surface area (Å²) in [4.78, 5) is 19.3. The van der Waals surface area contributed by atoms with Crippen LogP contribution in [0.3, 0.4) is 0 Å². The predicted octanol–water partition coefficient (Wildman–Crippen LogP) is 4.36. The van der Waals surface area contributed by atoms with Gasteiger partial charge in [-0.25, -0.2) is 0 Å². The maximum absolute atomic E-state index is 12.4. The van der Waals surface area contributed by atoms with Gasteiger partial charge < -0.3 is 9.64 Å². The number of hydrogen-bond donors (Lipinski definition) is 0. The van der Waals surface area contributed by atoms with Crippen LogP contribution >= 0.6 is 0 Å². The molecule has 1 spiro atoms. The fraction of sp³-hybridized carbons (Fsp3) is 0.583. The van der Waals surface area contributed by atoms with Crippen LogP contribution in [-0.2, 0) is 11.2 Å². The summed E-state index contributed by atoms with van der Waals surface area (Å²) in [5.41, 5.74) is 4.22. The van der Waals surface area contributed by atoms with Crippen LogP contribution < -0.4 is 0 Å². The standard InChI is InChI=1S/C24H32N2O2/c1-5-7-20-17(2)24(28-23(20,3)4)9-12-26(13-10-24)16-18-14-19-8-6-11-25-22(19)21(27)15-18/h5-8,11,18H,9-10,12-16H2,1-4H3/b7-5-/t18-/m1/s1. The molecule has 0 N–H and O–H groups in total. The van der Waals surface area contributed by atoms with E-state index in [0.717, 1.165) is 44.5 Å². The first-order chi connectivity index (χ1) is 13.3. The molecule has 4 nitrogen and oxygen atoms in total. The topological polar surface area (TPSA) is 42.4 Å². The molecule has 4 rings (SSSR count). The molecule has 1 aromatic rings. The number of nitrogens with zero attached hydrogens (tertiary/aromatic N) is 2. The van der Waals surface area contributed by atoms with E-state index in [2.05, 4.69) is 55.8 Å². The molecule has 0 amide bonds. The Morgan fingerprint density at radius 2 is 2.04 bits per heavy atom. The molecule has 150 valence electrons. The molecule has 0 bridgehead atoms. The zero-order valence-electron chi connectivity index (χ0n) is 17.6. The zero-order chi connectivity index (χ0) is 19.9. The number of piperidine rings is 1. The highest BCUT2D eigenvalue weighted by molar-refractivity contribution is 5.96. The molecule has 1 aromatic heterocycles. The molecule has 0 aromatic carbocycles. The third kappa shape index (κ3) is 3.37. The Morgan fingerprint density at radius 1 is 1.29 bits per heavy atom. The van der Waals surface area contributed by atoms with Gasteiger partial charge in [-0.1, -0.05) is 18.2 Å². The number of pyridine rings is 1. The lowest BCUT2D eigenvalue weighted by atomic mass is 9.81. The van der Waals surface area contributed by atoms with Crippen LogP contribution in [-0.4, -0.2) is 46.5 Å². The first-order valence-corrected chi connectivity index (χ1v) is 10.6. The van der Waals surface area contributed by atoms with Crippen LogP contribution in [0.4, 0.5) is 0 Å². The summed E-state index contributed by atoms with van der Waals surface area (Å²) in [6.45, 7) is 11.7. The molecule has 0 saturated carbocycles. The molecule has 0 radical (unpaired) electrons. The number of Topliss-reactive ketones (excluding diaryl/α,β-unsaturated/α-hetero) is 1. The van der Waals surface area contributed by atoms with Gasteiger partial charge in [0, 0.05) is 32.3 Å². The van der Waals surface area contributed by atoms with Gasteiger partial charge in [-0.15, -0.1) is 0 Å². The summed E-state index contributed by atoms with van der Waals surface area (Å²) in [7, 11) is 0. The van der Waals surface area contributed by atoms with Gasteiger partial charge in [0.1, 0.15) is 5.69 Å². The van der Waals surface area contributed by atoms with Crippen LogP contribution in [0.15, 0.2) is 41.6 Å². The Hall–Kier alpha value is -1.78. The highest BCUT2D eigenvalue weighted by atomic mass is 16.5. The van der Waals surface area contributed by atoms with Crippen molar-refractivity contribution in [1.29, 1.82) is 0 Å². The second-order valence-electron chi connectivity index (χ2n) is 9.15. The summed E-state index contributed by atoms with van der Waals surface area (Å²) in [6, 6.07) is 4.00. The summed E-state index contributed by atoms with van der Waals surface area (Å²) in [6.07, 6.45) is 9.71. The van der Waals surface area contributed by atoms with E-state index in [0.29, 0.717) is 18.0 Å². The van der Waals surface area contributed by atoms with Crippen molar-refractivity contribution in [3.05, 3.63) is 52.9 Å². The van der Waals surface area contributed by atoms with E-state index >= 15 is 0 Å². The van der Waals surface area contributed by atoms with Crippen molar-refractivity contribution in [2.24, 2.45) is 5.92 Å². The van der Waals surface area contributed by atoms with E-state index in [4.69, 9.17) is 4.74 Å². The maximum Gasteiger partial charge on any atom is 0.181 e. The van der Waals surface area contributed by atoms with Gasteiger partial charge >= 0.3 is 0 Å². The average Bonchev–Trinajstić information content (AvgIpc) is 2.84. The smallest absolute Gasteiger partial charge is 0.181 e. The minimum Gasteiger partial charge on any atom is -0.360 e. The number of ether oxygens (including phenoxy) is 1. The summed E-state index contributed by atoms with van der Waals surface area (Å²) < 4.78 is 6.64. The Bertz CT molecular complexity index is 829. The van der Waals surface area contributed by atoms with E-state index in [1.54, 1.807) is 6.20 Å². The van der Waals surface area contributed by atoms with Crippen molar-refractivity contribution in [3.8, 4) is 0 Å². The van der Waals surface area contributed by atoms with E-state index in [1.165, 1.54) is 11.1 Å². The zero-order valence-corrected chi connectivity index (χ0v) is 17.6. The van der Waals surface area contributed by atoms with Crippen molar-refractivity contribution >= 4 is 5.78 Å². The maximum atomic E-state index is 12.4. The van der Waals surface area contributed by atoms with Crippen LogP contribution in [0.5, 0.6) is 0 Å². The van der Waals surface area contributed by atoms with Crippen molar-refractivity contribution in [1.82, 2.24) is 9.88 Å². The number of fused-ring (bicyclic) bond motifs is 1. The molecule has 2 aliphatic heterocycles. The predicted molar refractivity (Wildman–Crippen MR) is 111 cm³/mol. The highest BCUT2D eigenvalue weighted by Crippen LogP contribution is 2.48. The fourth-order valence-electron chi connectivity index (χ4n) is 5.47. The quantitative estimate of drug-likeness (QED) is 0.781. The van der Waals surface area contributed by atoms with Crippen molar-refractivity contribution < 1.29 is 9.53 Å². The molecule has 4 heteroatoms. The van der Waals surface area contributed by atoms with Crippen LogP contribution in [0.2, 0.25) is 0 Å². The highest BCUT2D eigenvalue weighted by Gasteiger charge is 2.49. The summed E-state index contributed by atoms with van der Waals surface area (Å²) >= 11 is 0. The van der Waals surface area contributed by atoms with Crippen LogP contribution in [0, 0.1) is 5.92 Å². The Labute approximate surface area is 168 Å². The Balaban J connectivity index is 1.41. The molecule has 1 atom stereocenters. The molecule has 3 heterocycles. The van der Waals surface area contributed by atoms with E-state index in [1.807, 2.05) is 6.07 Å².